The number of nitrogens with one attached hydrogen (secondary N) is 2. The van der Waals surface area contributed by atoms with Gasteiger partial charge in [0.15, 0.2) is 17.5 Å². The van der Waals surface area contributed by atoms with Gasteiger partial charge in [-0.1, -0.05) is 19.9 Å². The van der Waals surface area contributed by atoms with Crippen LogP contribution in [-0.2, 0) is 6.54 Å². The molecule has 7 heteroatoms. The average Bonchev–Trinajstić information content (AvgIpc) is 2.70. The van der Waals surface area contributed by atoms with Gasteiger partial charge in [0.25, 0.3) is 0 Å². The molecule has 0 amide bonds. The lowest BCUT2D eigenvalue weighted by atomic mass is 9.79. The molecular weight excluding hydrogens is 469 g/mol. The normalized spacial score (nSPS) is 11.6. The summed E-state index contributed by atoms with van der Waals surface area (Å²) in [5.74, 6) is 2.26. The molecular formula is C21H38IN3O3. The highest BCUT2D eigenvalue weighted by molar-refractivity contribution is 14.0. The molecule has 0 bridgehead atoms. The summed E-state index contributed by atoms with van der Waals surface area (Å²) in [5.41, 5.74) is 1.15. The Morgan fingerprint density at radius 3 is 2.36 bits per heavy atom. The predicted molar refractivity (Wildman–Crippen MR) is 127 cm³/mol. The van der Waals surface area contributed by atoms with E-state index in [9.17, 15) is 5.11 Å². The minimum absolute atomic E-state index is 0. The van der Waals surface area contributed by atoms with Crippen LogP contribution in [0.2, 0.25) is 0 Å². The fourth-order valence-electron chi connectivity index (χ4n) is 3.05. The summed E-state index contributed by atoms with van der Waals surface area (Å²) in [4.78, 5) is 4.70. The van der Waals surface area contributed by atoms with Crippen LogP contribution >= 0.6 is 24.0 Å². The summed E-state index contributed by atoms with van der Waals surface area (Å²) in [6, 6.07) is 5.90. The van der Waals surface area contributed by atoms with Crippen LogP contribution in [0.3, 0.4) is 0 Å². The number of guanidine groups is 1. The van der Waals surface area contributed by atoms with Crippen molar-refractivity contribution in [1.82, 2.24) is 10.6 Å². The topological polar surface area (TPSA) is 75.1 Å². The van der Waals surface area contributed by atoms with Gasteiger partial charge in [0.2, 0.25) is 0 Å². The van der Waals surface area contributed by atoms with E-state index < -0.39 is 0 Å². The molecule has 162 valence electrons. The first-order valence-electron chi connectivity index (χ1n) is 10.0. The van der Waals surface area contributed by atoms with Crippen LogP contribution < -0.4 is 20.1 Å². The molecule has 0 fully saturated rings. The van der Waals surface area contributed by atoms with Crippen LogP contribution in [0.1, 0.15) is 52.5 Å². The van der Waals surface area contributed by atoms with Crippen molar-refractivity contribution >= 4 is 29.9 Å². The maximum absolute atomic E-state index is 9.40. The Morgan fingerprint density at radius 2 is 1.82 bits per heavy atom. The molecule has 0 heterocycles. The van der Waals surface area contributed by atoms with E-state index in [1.807, 2.05) is 25.1 Å². The molecule has 1 rings (SSSR count). The predicted octanol–water partition coefficient (Wildman–Crippen LogP) is 3.96. The van der Waals surface area contributed by atoms with Crippen molar-refractivity contribution in [2.75, 3.05) is 33.4 Å². The Kier molecular flexibility index (Phi) is 14.1. The van der Waals surface area contributed by atoms with Crippen LogP contribution in [0.5, 0.6) is 11.5 Å². The van der Waals surface area contributed by atoms with E-state index in [4.69, 9.17) is 14.5 Å². The molecule has 0 spiro atoms. The fraction of sp³-hybridized carbons (Fsp3) is 0.667. The number of aliphatic imine (C=N–C) groups is 1. The summed E-state index contributed by atoms with van der Waals surface area (Å²) in [7, 11) is 1.65. The number of nitrogens with zero attached hydrogens (tertiary/aromatic N) is 1. The number of methoxy groups -OCH3 is 1. The van der Waals surface area contributed by atoms with Crippen LogP contribution in [0.4, 0.5) is 0 Å². The third kappa shape index (κ3) is 8.43. The van der Waals surface area contributed by atoms with Crippen molar-refractivity contribution < 1.29 is 14.6 Å². The number of halogens is 1. The maximum Gasteiger partial charge on any atom is 0.191 e. The number of hydrogen-bond donors (Lipinski definition) is 3. The monoisotopic (exact) mass is 507 g/mol. The maximum atomic E-state index is 9.40. The van der Waals surface area contributed by atoms with Gasteiger partial charge in [0.1, 0.15) is 0 Å². The van der Waals surface area contributed by atoms with Crippen molar-refractivity contribution in [3.05, 3.63) is 23.8 Å². The molecule has 6 nitrogen and oxygen atoms in total. The Balaban J connectivity index is 0.00000729. The molecule has 0 saturated heterocycles. The van der Waals surface area contributed by atoms with Gasteiger partial charge in [0.05, 0.1) is 20.3 Å². The van der Waals surface area contributed by atoms with E-state index in [-0.39, 0.29) is 36.0 Å². The molecule has 0 aromatic heterocycles. The quantitative estimate of drug-likeness (QED) is 0.227. The summed E-state index contributed by atoms with van der Waals surface area (Å²) in [6.45, 7) is 11.3. The van der Waals surface area contributed by atoms with Crippen molar-refractivity contribution in [2.24, 2.45) is 10.4 Å². The number of rotatable bonds is 12. The van der Waals surface area contributed by atoms with Gasteiger partial charge in [-0.05, 0) is 56.2 Å². The van der Waals surface area contributed by atoms with E-state index in [2.05, 4.69) is 31.4 Å². The standard InChI is InChI=1S/C21H37N3O3.HI/c1-6-21(7-2,12-13-25)16-24-20(22-8-3)23-15-17-10-11-18(27-9-4)19(14-17)26-5;/h10-11,14,25H,6-9,12-13,15-16H2,1-5H3,(H2,22,23,24);1H. The zero-order chi connectivity index (χ0) is 20.1. The largest absolute Gasteiger partial charge is 0.493 e. The Morgan fingerprint density at radius 1 is 1.11 bits per heavy atom. The number of aliphatic hydroxyl groups excluding tert-OH is 1. The first kappa shape index (κ1) is 26.8. The van der Waals surface area contributed by atoms with Crippen LogP contribution in [0, 0.1) is 5.41 Å². The highest BCUT2D eigenvalue weighted by Crippen LogP contribution is 2.30. The lowest BCUT2D eigenvalue weighted by Gasteiger charge is -2.32. The molecule has 1 aromatic carbocycles. The second kappa shape index (κ2) is 14.7. The zero-order valence-electron chi connectivity index (χ0n) is 18.0. The van der Waals surface area contributed by atoms with E-state index >= 15 is 0 Å². The van der Waals surface area contributed by atoms with Gasteiger partial charge in [-0.25, -0.2) is 4.99 Å². The van der Waals surface area contributed by atoms with E-state index in [0.29, 0.717) is 13.2 Å². The molecule has 0 aliphatic rings. The number of hydrogen-bond acceptors (Lipinski definition) is 4. The summed E-state index contributed by atoms with van der Waals surface area (Å²) < 4.78 is 11.0. The summed E-state index contributed by atoms with van der Waals surface area (Å²) in [6.07, 6.45) is 2.83. The molecule has 0 radical (unpaired) electrons. The second-order valence-corrected chi connectivity index (χ2v) is 6.65. The van der Waals surface area contributed by atoms with Gasteiger partial charge in [-0.2, -0.15) is 0 Å². The highest BCUT2D eigenvalue weighted by atomic mass is 127. The van der Waals surface area contributed by atoms with E-state index in [1.165, 1.54) is 0 Å². The van der Waals surface area contributed by atoms with Crippen LogP contribution in [0.25, 0.3) is 0 Å². The minimum atomic E-state index is 0. The molecule has 3 N–H and O–H groups in total. The lowest BCUT2D eigenvalue weighted by Crippen LogP contribution is -2.43. The Bertz CT molecular complexity index is 578. The highest BCUT2D eigenvalue weighted by Gasteiger charge is 2.25. The fourth-order valence-corrected chi connectivity index (χ4v) is 3.05. The SMILES string of the molecule is CCNC(=NCc1ccc(OCC)c(OC)c1)NCC(CC)(CC)CCO.I. The van der Waals surface area contributed by atoms with Crippen LogP contribution in [0.15, 0.2) is 23.2 Å². The molecule has 0 unspecified atom stereocenters. The zero-order valence-corrected chi connectivity index (χ0v) is 20.3. The third-order valence-electron chi connectivity index (χ3n) is 5.06. The van der Waals surface area contributed by atoms with Crippen LogP contribution in [-0.4, -0.2) is 44.5 Å². The van der Waals surface area contributed by atoms with Gasteiger partial charge in [0, 0.05) is 19.7 Å². The number of benzene rings is 1. The van der Waals surface area contributed by atoms with Crippen molar-refractivity contribution in [3.8, 4) is 11.5 Å². The van der Waals surface area contributed by atoms with Crippen molar-refractivity contribution in [2.45, 2.75) is 53.5 Å². The third-order valence-corrected chi connectivity index (χ3v) is 5.06. The Labute approximate surface area is 187 Å². The van der Waals surface area contributed by atoms with E-state index in [0.717, 1.165) is 55.4 Å². The first-order valence-corrected chi connectivity index (χ1v) is 10.0. The van der Waals surface area contributed by atoms with Crippen molar-refractivity contribution in [1.29, 1.82) is 0 Å². The minimum Gasteiger partial charge on any atom is -0.493 e. The van der Waals surface area contributed by atoms with Gasteiger partial charge >= 0.3 is 0 Å². The van der Waals surface area contributed by atoms with E-state index in [1.54, 1.807) is 7.11 Å². The van der Waals surface area contributed by atoms with Gasteiger partial charge in [-0.3, -0.25) is 0 Å². The lowest BCUT2D eigenvalue weighted by molar-refractivity contribution is 0.169. The average molecular weight is 507 g/mol. The van der Waals surface area contributed by atoms with Crippen molar-refractivity contribution in [3.63, 3.8) is 0 Å². The molecule has 28 heavy (non-hydrogen) atoms. The second-order valence-electron chi connectivity index (χ2n) is 6.65. The molecule has 0 saturated carbocycles. The van der Waals surface area contributed by atoms with Gasteiger partial charge < -0.3 is 25.2 Å². The molecule has 0 aliphatic heterocycles. The Hall–Kier alpha value is -1.22. The molecule has 1 aromatic rings. The van der Waals surface area contributed by atoms with Gasteiger partial charge in [-0.15, -0.1) is 24.0 Å². The number of ether oxygens (including phenoxy) is 2. The summed E-state index contributed by atoms with van der Waals surface area (Å²) >= 11 is 0. The summed E-state index contributed by atoms with van der Waals surface area (Å²) in [5, 5.41) is 16.1. The number of aliphatic hydroxyl groups is 1. The molecule has 0 aliphatic carbocycles. The molecule has 0 atom stereocenters. The first-order chi connectivity index (χ1) is 13.1. The smallest absolute Gasteiger partial charge is 0.191 e.